The average Bonchev–Trinajstić information content (AvgIpc) is 2.81. The second kappa shape index (κ2) is 4.20. The van der Waals surface area contributed by atoms with Gasteiger partial charge < -0.3 is 4.98 Å². The summed E-state index contributed by atoms with van der Waals surface area (Å²) < 4.78 is 2.95. The van der Waals surface area contributed by atoms with Crippen molar-refractivity contribution < 1.29 is 0 Å². The lowest BCUT2D eigenvalue weighted by Gasteiger charge is -1.96. The van der Waals surface area contributed by atoms with Crippen LogP contribution in [0.1, 0.15) is 17.0 Å². The molecular weight excluding hydrogens is 304 g/mol. The maximum atomic E-state index is 4.73. The molecule has 2 heterocycles. The van der Waals surface area contributed by atoms with Crippen LogP contribution in [-0.2, 0) is 7.05 Å². The van der Waals surface area contributed by atoms with Crippen LogP contribution in [0.3, 0.4) is 0 Å². The monoisotopic (exact) mass is 318 g/mol. The molecule has 19 heavy (non-hydrogen) atoms. The van der Waals surface area contributed by atoms with Gasteiger partial charge in [-0.2, -0.15) is 5.10 Å². The van der Waals surface area contributed by atoms with E-state index in [1.54, 1.807) is 0 Å². The van der Waals surface area contributed by atoms with Gasteiger partial charge in [0.2, 0.25) is 0 Å². The van der Waals surface area contributed by atoms with Crippen LogP contribution in [-0.4, -0.2) is 19.7 Å². The zero-order valence-corrected chi connectivity index (χ0v) is 13.0. The molecule has 0 saturated heterocycles. The van der Waals surface area contributed by atoms with Crippen LogP contribution in [0.25, 0.3) is 22.4 Å². The molecule has 0 aliphatic carbocycles. The summed E-state index contributed by atoms with van der Waals surface area (Å²) >= 11 is 3.52. The summed E-state index contributed by atoms with van der Waals surface area (Å²) in [4.78, 5) is 8.12. The number of aryl methyl sites for hydroxylation is 3. The van der Waals surface area contributed by atoms with E-state index < -0.39 is 0 Å². The zero-order valence-electron chi connectivity index (χ0n) is 11.4. The first-order valence-corrected chi connectivity index (χ1v) is 6.93. The lowest BCUT2D eigenvalue weighted by Crippen LogP contribution is -1.92. The third-order valence-corrected chi connectivity index (χ3v) is 3.95. The molecule has 1 N–H and O–H groups in total. The molecule has 0 fully saturated rings. The number of rotatable bonds is 1. The molecule has 0 atom stereocenters. The first kappa shape index (κ1) is 12.4. The van der Waals surface area contributed by atoms with Crippen LogP contribution in [0, 0.1) is 20.8 Å². The van der Waals surface area contributed by atoms with Gasteiger partial charge >= 0.3 is 0 Å². The summed E-state index contributed by atoms with van der Waals surface area (Å²) in [6.45, 7) is 6.14. The summed E-state index contributed by atoms with van der Waals surface area (Å²) in [5, 5.41) is 4.44. The summed E-state index contributed by atoms with van der Waals surface area (Å²) in [6.07, 6.45) is 0. The molecule has 98 valence electrons. The number of benzene rings is 1. The topological polar surface area (TPSA) is 46.5 Å². The minimum atomic E-state index is 0.888. The number of aromatic amines is 1. The third kappa shape index (κ3) is 1.89. The molecule has 4 nitrogen and oxygen atoms in total. The molecule has 3 rings (SSSR count). The molecule has 5 heteroatoms. The molecule has 0 unspecified atom stereocenters. The molecule has 0 spiro atoms. The largest absolute Gasteiger partial charge is 0.338 e. The number of H-pyrrole nitrogens is 1. The van der Waals surface area contributed by atoms with E-state index in [0.717, 1.165) is 43.8 Å². The maximum Gasteiger partial charge on any atom is 0.142 e. The van der Waals surface area contributed by atoms with Gasteiger partial charge in [0.1, 0.15) is 5.82 Å². The predicted octanol–water partition coefficient (Wildman–Crippen LogP) is 3.65. The number of nitrogens with one attached hydrogen (secondary N) is 1. The SMILES string of the molecule is Cc1nn(C)c(C)c1-c1nc2c(C)cc(Br)cc2[nH]1. The van der Waals surface area contributed by atoms with Crippen molar-refractivity contribution in [3.05, 3.63) is 33.6 Å². The Kier molecular flexibility index (Phi) is 2.74. The highest BCUT2D eigenvalue weighted by molar-refractivity contribution is 9.10. The number of aromatic nitrogens is 4. The molecule has 1 aromatic carbocycles. The van der Waals surface area contributed by atoms with Crippen molar-refractivity contribution in [2.75, 3.05) is 0 Å². The van der Waals surface area contributed by atoms with E-state index in [1.807, 2.05) is 18.7 Å². The Labute approximate surface area is 120 Å². The molecule has 0 saturated carbocycles. The lowest BCUT2D eigenvalue weighted by atomic mass is 10.2. The van der Waals surface area contributed by atoms with E-state index in [0.29, 0.717) is 0 Å². The molecular formula is C14H15BrN4. The van der Waals surface area contributed by atoms with Crippen LogP contribution < -0.4 is 0 Å². The van der Waals surface area contributed by atoms with Gasteiger partial charge in [0, 0.05) is 17.2 Å². The summed E-state index contributed by atoms with van der Waals surface area (Å²) in [6, 6.07) is 4.13. The fourth-order valence-electron chi connectivity index (χ4n) is 2.48. The highest BCUT2D eigenvalue weighted by Crippen LogP contribution is 2.29. The fraction of sp³-hybridized carbons (Fsp3) is 0.286. The van der Waals surface area contributed by atoms with Gasteiger partial charge in [0.05, 0.1) is 22.3 Å². The number of fused-ring (bicyclic) bond motifs is 1. The quantitative estimate of drug-likeness (QED) is 0.744. The molecule has 0 amide bonds. The Balaban J connectivity index is 2.29. The second-order valence-corrected chi connectivity index (χ2v) is 5.79. The minimum Gasteiger partial charge on any atom is -0.338 e. The van der Waals surface area contributed by atoms with E-state index >= 15 is 0 Å². The van der Waals surface area contributed by atoms with Gasteiger partial charge in [-0.1, -0.05) is 15.9 Å². The van der Waals surface area contributed by atoms with Crippen LogP contribution >= 0.6 is 15.9 Å². The highest BCUT2D eigenvalue weighted by atomic mass is 79.9. The number of hydrogen-bond acceptors (Lipinski definition) is 2. The van der Waals surface area contributed by atoms with Crippen molar-refractivity contribution in [3.63, 3.8) is 0 Å². The lowest BCUT2D eigenvalue weighted by molar-refractivity contribution is 0.731. The van der Waals surface area contributed by atoms with Crippen LogP contribution in [0.2, 0.25) is 0 Å². The Hall–Kier alpha value is -1.62. The molecule has 0 aliphatic heterocycles. The summed E-state index contributed by atoms with van der Waals surface area (Å²) in [5.74, 6) is 0.888. The standard InChI is InChI=1S/C14H15BrN4/c1-7-5-10(15)6-11-13(7)17-14(16-11)12-8(2)18-19(4)9(12)3/h5-6H,1-4H3,(H,16,17). The highest BCUT2D eigenvalue weighted by Gasteiger charge is 2.16. The first-order valence-electron chi connectivity index (χ1n) is 6.14. The maximum absolute atomic E-state index is 4.73. The zero-order chi connectivity index (χ0) is 13.7. The molecule has 3 aromatic rings. The Bertz CT molecular complexity index is 782. The molecule has 0 radical (unpaired) electrons. The summed E-state index contributed by atoms with van der Waals surface area (Å²) in [7, 11) is 1.95. The first-order chi connectivity index (χ1) is 8.97. The van der Waals surface area contributed by atoms with Gasteiger partial charge in [-0.25, -0.2) is 4.98 Å². The normalized spacial score (nSPS) is 11.4. The number of imidazole rings is 1. The van der Waals surface area contributed by atoms with Crippen molar-refractivity contribution in [3.8, 4) is 11.4 Å². The average molecular weight is 319 g/mol. The molecule has 0 aliphatic rings. The van der Waals surface area contributed by atoms with Crippen LogP contribution in [0.5, 0.6) is 0 Å². The van der Waals surface area contributed by atoms with E-state index in [-0.39, 0.29) is 0 Å². The second-order valence-electron chi connectivity index (χ2n) is 4.87. The Morgan fingerprint density at radius 2 is 1.95 bits per heavy atom. The summed E-state index contributed by atoms with van der Waals surface area (Å²) in [5.41, 5.74) is 6.43. The fourth-order valence-corrected chi connectivity index (χ4v) is 3.05. The minimum absolute atomic E-state index is 0.888. The van der Waals surface area contributed by atoms with Gasteiger partial charge in [-0.15, -0.1) is 0 Å². The van der Waals surface area contributed by atoms with E-state index in [1.165, 1.54) is 0 Å². The van der Waals surface area contributed by atoms with Gasteiger partial charge in [-0.05, 0) is 38.5 Å². The van der Waals surface area contributed by atoms with Crippen molar-refractivity contribution in [1.29, 1.82) is 0 Å². The van der Waals surface area contributed by atoms with Crippen LogP contribution in [0.15, 0.2) is 16.6 Å². The number of halogens is 1. The van der Waals surface area contributed by atoms with Gasteiger partial charge in [-0.3, -0.25) is 4.68 Å². The molecule has 2 aromatic heterocycles. The van der Waals surface area contributed by atoms with Crippen molar-refractivity contribution in [2.24, 2.45) is 7.05 Å². The van der Waals surface area contributed by atoms with Crippen molar-refractivity contribution >= 4 is 27.0 Å². The van der Waals surface area contributed by atoms with Crippen molar-refractivity contribution in [2.45, 2.75) is 20.8 Å². The van der Waals surface area contributed by atoms with E-state index in [2.05, 4.69) is 52.0 Å². The van der Waals surface area contributed by atoms with Gasteiger partial charge in [0.25, 0.3) is 0 Å². The molecule has 0 bridgehead atoms. The van der Waals surface area contributed by atoms with Gasteiger partial charge in [0.15, 0.2) is 0 Å². The smallest absolute Gasteiger partial charge is 0.142 e. The Morgan fingerprint density at radius 1 is 1.21 bits per heavy atom. The number of hydrogen-bond donors (Lipinski definition) is 1. The Morgan fingerprint density at radius 3 is 2.58 bits per heavy atom. The van der Waals surface area contributed by atoms with Crippen LogP contribution in [0.4, 0.5) is 0 Å². The third-order valence-electron chi connectivity index (χ3n) is 3.49. The van der Waals surface area contributed by atoms with E-state index in [9.17, 15) is 0 Å². The van der Waals surface area contributed by atoms with Crippen molar-refractivity contribution in [1.82, 2.24) is 19.7 Å². The van der Waals surface area contributed by atoms with E-state index in [4.69, 9.17) is 4.98 Å². The predicted molar refractivity (Wildman–Crippen MR) is 80.2 cm³/mol. The number of nitrogens with zero attached hydrogens (tertiary/aromatic N) is 3.